The van der Waals surface area contributed by atoms with E-state index in [2.05, 4.69) is 5.32 Å². The predicted octanol–water partition coefficient (Wildman–Crippen LogP) is 1.78. The third kappa shape index (κ3) is 2.76. The molecular weight excluding hydrogens is 174 g/mol. The van der Waals surface area contributed by atoms with Gasteiger partial charge >= 0.3 is 0 Å². The topological polar surface area (TPSA) is 29.1 Å². The monoisotopic (exact) mass is 189 g/mol. The second kappa shape index (κ2) is 4.83. The minimum Gasteiger partial charge on any atom is -0.319 e. The molecule has 0 saturated heterocycles. The molecule has 0 bridgehead atoms. The van der Waals surface area contributed by atoms with Crippen LogP contribution in [0.2, 0.25) is 0 Å². The van der Waals surface area contributed by atoms with E-state index in [0.29, 0.717) is 0 Å². The van der Waals surface area contributed by atoms with Gasteiger partial charge in [0.2, 0.25) is 5.24 Å². The van der Waals surface area contributed by atoms with Gasteiger partial charge in [-0.25, -0.2) is 0 Å². The molecule has 0 atom stereocenters. The van der Waals surface area contributed by atoms with E-state index in [9.17, 15) is 4.79 Å². The van der Waals surface area contributed by atoms with Crippen molar-refractivity contribution in [3.05, 3.63) is 0 Å². The molecule has 0 aliphatic heterocycles. The molecule has 0 unspecified atom stereocenters. The van der Waals surface area contributed by atoms with Crippen LogP contribution in [-0.2, 0) is 4.79 Å². The Morgan fingerprint density at radius 2 is 2.00 bits per heavy atom. The van der Waals surface area contributed by atoms with Crippen LogP contribution >= 0.6 is 11.6 Å². The van der Waals surface area contributed by atoms with Crippen molar-refractivity contribution in [2.75, 3.05) is 13.6 Å². The number of nitrogens with one attached hydrogen (secondary N) is 1. The Morgan fingerprint density at radius 3 is 2.42 bits per heavy atom. The van der Waals surface area contributed by atoms with Crippen molar-refractivity contribution in [1.82, 2.24) is 5.32 Å². The maximum Gasteiger partial charge on any atom is 0.224 e. The molecule has 1 fully saturated rings. The molecule has 1 rings (SSSR count). The molecular formula is C9H16ClNO. The standard InChI is InChI=1S/C9H16ClNO/c1-11-6-7-2-4-8(5-3-7)9(10)12/h7-8,11H,2-6H2,1H3. The van der Waals surface area contributed by atoms with E-state index >= 15 is 0 Å². The zero-order valence-corrected chi connectivity index (χ0v) is 8.23. The second-order valence-corrected chi connectivity index (χ2v) is 3.95. The molecule has 1 saturated carbocycles. The van der Waals surface area contributed by atoms with Gasteiger partial charge in [0, 0.05) is 5.92 Å². The van der Waals surface area contributed by atoms with Crippen LogP contribution in [0.1, 0.15) is 25.7 Å². The van der Waals surface area contributed by atoms with Crippen molar-refractivity contribution in [2.45, 2.75) is 25.7 Å². The summed E-state index contributed by atoms with van der Waals surface area (Å²) >= 11 is 5.43. The number of carbonyl (C=O) groups excluding carboxylic acids is 1. The highest BCUT2D eigenvalue weighted by molar-refractivity contribution is 6.63. The average Bonchev–Trinajstić information content (AvgIpc) is 2.06. The summed E-state index contributed by atoms with van der Waals surface area (Å²) in [5, 5.41) is 3.02. The van der Waals surface area contributed by atoms with Crippen molar-refractivity contribution in [2.24, 2.45) is 11.8 Å². The SMILES string of the molecule is CNCC1CCC(C(=O)Cl)CC1. The van der Waals surface area contributed by atoms with Crippen LogP contribution < -0.4 is 5.32 Å². The van der Waals surface area contributed by atoms with E-state index in [0.717, 1.165) is 38.1 Å². The van der Waals surface area contributed by atoms with Crippen LogP contribution in [0.15, 0.2) is 0 Å². The molecule has 0 aromatic heterocycles. The van der Waals surface area contributed by atoms with E-state index in [-0.39, 0.29) is 11.2 Å². The normalized spacial score (nSPS) is 30.2. The Balaban J connectivity index is 2.25. The van der Waals surface area contributed by atoms with Gasteiger partial charge in [-0.05, 0) is 56.8 Å². The molecule has 3 heteroatoms. The summed E-state index contributed by atoms with van der Waals surface area (Å²) in [6.45, 7) is 1.07. The lowest BCUT2D eigenvalue weighted by atomic mass is 9.82. The molecule has 0 heterocycles. The van der Waals surface area contributed by atoms with Crippen molar-refractivity contribution in [3.63, 3.8) is 0 Å². The fourth-order valence-corrected chi connectivity index (χ4v) is 2.10. The Morgan fingerprint density at radius 1 is 1.42 bits per heavy atom. The Labute approximate surface area is 78.7 Å². The summed E-state index contributed by atoms with van der Waals surface area (Å²) in [5.74, 6) is 0.891. The summed E-state index contributed by atoms with van der Waals surface area (Å²) in [7, 11) is 1.97. The van der Waals surface area contributed by atoms with Gasteiger partial charge in [0.1, 0.15) is 0 Å². The highest BCUT2D eigenvalue weighted by Gasteiger charge is 2.24. The van der Waals surface area contributed by atoms with Gasteiger partial charge in [0.25, 0.3) is 0 Å². The lowest BCUT2D eigenvalue weighted by Gasteiger charge is -2.25. The highest BCUT2D eigenvalue weighted by atomic mass is 35.5. The molecule has 70 valence electrons. The van der Waals surface area contributed by atoms with Gasteiger partial charge in [0.15, 0.2) is 0 Å². The molecule has 1 aliphatic rings. The Kier molecular flexibility index (Phi) is 4.02. The van der Waals surface area contributed by atoms with Crippen molar-refractivity contribution in [3.8, 4) is 0 Å². The first-order valence-corrected chi connectivity index (χ1v) is 4.95. The van der Waals surface area contributed by atoms with Gasteiger partial charge < -0.3 is 5.32 Å². The maximum absolute atomic E-state index is 10.8. The molecule has 1 aliphatic carbocycles. The van der Waals surface area contributed by atoms with Crippen LogP contribution in [0.3, 0.4) is 0 Å². The highest BCUT2D eigenvalue weighted by Crippen LogP contribution is 2.29. The third-order valence-corrected chi connectivity index (χ3v) is 2.97. The lowest BCUT2D eigenvalue weighted by molar-refractivity contribution is -0.116. The zero-order chi connectivity index (χ0) is 8.97. The largest absolute Gasteiger partial charge is 0.319 e. The maximum atomic E-state index is 10.8. The number of carbonyl (C=O) groups is 1. The summed E-state index contributed by atoms with van der Waals surface area (Å²) < 4.78 is 0. The molecule has 2 nitrogen and oxygen atoms in total. The number of halogens is 1. The van der Waals surface area contributed by atoms with Gasteiger partial charge in [-0.2, -0.15) is 0 Å². The fraction of sp³-hybridized carbons (Fsp3) is 0.889. The molecule has 0 aromatic rings. The van der Waals surface area contributed by atoms with E-state index < -0.39 is 0 Å². The number of hydrogen-bond acceptors (Lipinski definition) is 2. The zero-order valence-electron chi connectivity index (χ0n) is 7.48. The Hall–Kier alpha value is -0.0800. The van der Waals surface area contributed by atoms with E-state index in [1.165, 1.54) is 0 Å². The molecule has 12 heavy (non-hydrogen) atoms. The first kappa shape index (κ1) is 10.0. The number of rotatable bonds is 3. The summed E-state index contributed by atoms with van der Waals surface area (Å²) in [6.07, 6.45) is 4.25. The van der Waals surface area contributed by atoms with E-state index in [4.69, 9.17) is 11.6 Å². The molecule has 0 aromatic carbocycles. The van der Waals surface area contributed by atoms with E-state index in [1.807, 2.05) is 7.05 Å². The smallest absolute Gasteiger partial charge is 0.224 e. The minimum atomic E-state index is -0.141. The lowest BCUT2D eigenvalue weighted by Crippen LogP contribution is -2.25. The molecule has 0 amide bonds. The molecule has 0 spiro atoms. The van der Waals surface area contributed by atoms with Crippen molar-refractivity contribution < 1.29 is 4.79 Å². The van der Waals surface area contributed by atoms with Crippen LogP contribution in [0, 0.1) is 11.8 Å². The Bertz CT molecular complexity index is 153. The third-order valence-electron chi connectivity index (χ3n) is 2.66. The van der Waals surface area contributed by atoms with Gasteiger partial charge in [-0.3, -0.25) is 4.79 Å². The van der Waals surface area contributed by atoms with Gasteiger partial charge in [0.05, 0.1) is 0 Å². The van der Waals surface area contributed by atoms with Gasteiger partial charge in [-0.1, -0.05) is 0 Å². The second-order valence-electron chi connectivity index (χ2n) is 3.58. The van der Waals surface area contributed by atoms with E-state index in [1.54, 1.807) is 0 Å². The molecule has 1 N–H and O–H groups in total. The first-order valence-electron chi connectivity index (χ1n) is 4.58. The minimum absolute atomic E-state index is 0.139. The fourth-order valence-electron chi connectivity index (χ4n) is 1.88. The first-order chi connectivity index (χ1) is 5.74. The number of hydrogen-bond donors (Lipinski definition) is 1. The quantitative estimate of drug-likeness (QED) is 0.686. The molecule has 0 radical (unpaired) electrons. The van der Waals surface area contributed by atoms with Crippen molar-refractivity contribution >= 4 is 16.8 Å². The van der Waals surface area contributed by atoms with Crippen LogP contribution in [-0.4, -0.2) is 18.8 Å². The van der Waals surface area contributed by atoms with Crippen LogP contribution in [0.4, 0.5) is 0 Å². The van der Waals surface area contributed by atoms with Gasteiger partial charge in [-0.15, -0.1) is 0 Å². The average molecular weight is 190 g/mol. The summed E-state index contributed by atoms with van der Waals surface area (Å²) in [6, 6.07) is 0. The van der Waals surface area contributed by atoms with Crippen LogP contribution in [0.5, 0.6) is 0 Å². The summed E-state index contributed by atoms with van der Waals surface area (Å²) in [5.41, 5.74) is 0. The van der Waals surface area contributed by atoms with Crippen LogP contribution in [0.25, 0.3) is 0 Å². The predicted molar refractivity (Wildman–Crippen MR) is 50.2 cm³/mol. The van der Waals surface area contributed by atoms with Crippen molar-refractivity contribution in [1.29, 1.82) is 0 Å². The summed E-state index contributed by atoms with van der Waals surface area (Å²) in [4.78, 5) is 10.8.